The second-order valence-corrected chi connectivity index (χ2v) is 5.83. The van der Waals surface area contributed by atoms with Gasteiger partial charge >= 0.3 is 0 Å². The number of hydrogen-bond acceptors (Lipinski definition) is 2. The predicted molar refractivity (Wildman–Crippen MR) is 69.6 cm³/mol. The zero-order chi connectivity index (χ0) is 12.4. The van der Waals surface area contributed by atoms with Crippen molar-refractivity contribution in [3.05, 3.63) is 35.9 Å². The van der Waals surface area contributed by atoms with Crippen molar-refractivity contribution in [3.63, 3.8) is 0 Å². The first-order chi connectivity index (χ1) is 8.82. The van der Waals surface area contributed by atoms with Gasteiger partial charge in [-0.25, -0.2) is 0 Å². The van der Waals surface area contributed by atoms with Gasteiger partial charge in [-0.05, 0) is 36.7 Å². The van der Waals surface area contributed by atoms with Gasteiger partial charge < -0.3 is 4.74 Å². The van der Waals surface area contributed by atoms with Gasteiger partial charge in [0.15, 0.2) is 0 Å². The molecule has 2 aliphatic rings. The molecule has 0 amide bonds. The number of ether oxygens (including phenoxy) is 1. The number of benzene rings is 1. The second-order valence-electron chi connectivity index (χ2n) is 5.83. The fraction of sp³-hybridized carbons (Fsp3) is 0.562. The minimum atomic E-state index is -0.183. The van der Waals surface area contributed by atoms with Crippen LogP contribution in [0.1, 0.15) is 31.2 Å². The highest BCUT2D eigenvalue weighted by Gasteiger charge is 2.51. The Morgan fingerprint density at radius 2 is 2.11 bits per heavy atom. The van der Waals surface area contributed by atoms with E-state index in [9.17, 15) is 5.26 Å². The number of fused-ring (bicyclic) bond motifs is 2. The molecule has 2 fully saturated rings. The second kappa shape index (κ2) is 4.74. The number of nitriles is 1. The Balaban J connectivity index is 1.58. The third-order valence-electron chi connectivity index (χ3n) is 4.67. The quantitative estimate of drug-likeness (QED) is 0.807. The Morgan fingerprint density at radius 1 is 1.28 bits per heavy atom. The van der Waals surface area contributed by atoms with Crippen LogP contribution in [0.5, 0.6) is 0 Å². The molecule has 2 nitrogen and oxygen atoms in total. The van der Waals surface area contributed by atoms with Gasteiger partial charge in [-0.2, -0.15) is 5.26 Å². The van der Waals surface area contributed by atoms with E-state index in [4.69, 9.17) is 4.74 Å². The molecule has 3 unspecified atom stereocenters. The van der Waals surface area contributed by atoms with E-state index in [1.807, 2.05) is 18.2 Å². The van der Waals surface area contributed by atoms with E-state index in [-0.39, 0.29) is 5.41 Å². The summed E-state index contributed by atoms with van der Waals surface area (Å²) in [5.41, 5.74) is 1.01. The SMILES string of the molecule is N#CC1(COCc2ccccc2)CC2CCC1C2. The van der Waals surface area contributed by atoms with Gasteiger partial charge in [0, 0.05) is 0 Å². The van der Waals surface area contributed by atoms with E-state index in [1.54, 1.807) is 0 Å². The Hall–Kier alpha value is -1.33. The summed E-state index contributed by atoms with van der Waals surface area (Å²) in [6.45, 7) is 1.24. The summed E-state index contributed by atoms with van der Waals surface area (Å²) in [5, 5.41) is 9.51. The van der Waals surface area contributed by atoms with E-state index in [1.165, 1.54) is 24.8 Å². The maximum Gasteiger partial charge on any atom is 0.0837 e. The lowest BCUT2D eigenvalue weighted by molar-refractivity contribution is 0.0331. The molecule has 94 valence electrons. The standard InChI is InChI=1S/C16H19NO/c17-11-16(9-14-6-7-15(16)8-14)12-18-10-13-4-2-1-3-5-13/h1-5,14-15H,6-10,12H2. The molecule has 0 aliphatic heterocycles. The third kappa shape index (κ3) is 2.04. The van der Waals surface area contributed by atoms with Crippen molar-refractivity contribution < 1.29 is 4.74 Å². The molecule has 1 aromatic carbocycles. The van der Waals surface area contributed by atoms with E-state index >= 15 is 0 Å². The summed E-state index contributed by atoms with van der Waals surface area (Å²) in [5.74, 6) is 1.37. The highest BCUT2D eigenvalue weighted by atomic mass is 16.5. The smallest absolute Gasteiger partial charge is 0.0837 e. The zero-order valence-electron chi connectivity index (χ0n) is 10.6. The molecule has 0 aromatic heterocycles. The molecule has 0 spiro atoms. The van der Waals surface area contributed by atoms with Crippen LogP contribution < -0.4 is 0 Å². The van der Waals surface area contributed by atoms with Crippen LogP contribution in [0.15, 0.2) is 30.3 Å². The van der Waals surface area contributed by atoms with Crippen molar-refractivity contribution >= 4 is 0 Å². The van der Waals surface area contributed by atoms with Crippen LogP contribution in [-0.2, 0) is 11.3 Å². The molecule has 1 aromatic rings. The first kappa shape index (κ1) is 11.7. The Kier molecular flexibility index (Phi) is 3.09. The zero-order valence-corrected chi connectivity index (χ0v) is 10.6. The molecule has 2 aliphatic carbocycles. The van der Waals surface area contributed by atoms with Gasteiger partial charge in [-0.1, -0.05) is 36.8 Å². The monoisotopic (exact) mass is 241 g/mol. The molecule has 18 heavy (non-hydrogen) atoms. The fourth-order valence-corrected chi connectivity index (χ4v) is 3.72. The van der Waals surface area contributed by atoms with Gasteiger partial charge in [0.05, 0.1) is 24.7 Å². The summed E-state index contributed by atoms with van der Waals surface area (Å²) in [6, 6.07) is 12.8. The van der Waals surface area contributed by atoms with Gasteiger partial charge in [-0.3, -0.25) is 0 Å². The molecule has 3 rings (SSSR count). The van der Waals surface area contributed by atoms with Crippen LogP contribution in [0.2, 0.25) is 0 Å². The molecular weight excluding hydrogens is 222 g/mol. The molecule has 2 saturated carbocycles. The van der Waals surface area contributed by atoms with Crippen molar-refractivity contribution in [1.82, 2.24) is 0 Å². The molecule has 0 N–H and O–H groups in total. The number of rotatable bonds is 4. The van der Waals surface area contributed by atoms with Crippen LogP contribution in [-0.4, -0.2) is 6.61 Å². The Bertz CT molecular complexity index is 450. The molecule has 3 atom stereocenters. The van der Waals surface area contributed by atoms with E-state index in [0.29, 0.717) is 19.1 Å². The largest absolute Gasteiger partial charge is 0.375 e. The number of hydrogen-bond donors (Lipinski definition) is 0. The van der Waals surface area contributed by atoms with Gasteiger partial charge in [0.1, 0.15) is 0 Å². The van der Waals surface area contributed by atoms with Crippen LogP contribution in [0.25, 0.3) is 0 Å². The van der Waals surface area contributed by atoms with Crippen molar-refractivity contribution in [2.24, 2.45) is 17.3 Å². The van der Waals surface area contributed by atoms with Crippen LogP contribution in [0.3, 0.4) is 0 Å². The summed E-state index contributed by atoms with van der Waals surface area (Å²) >= 11 is 0. The van der Waals surface area contributed by atoms with E-state index in [2.05, 4.69) is 18.2 Å². The third-order valence-corrected chi connectivity index (χ3v) is 4.67. The maximum atomic E-state index is 9.51. The van der Waals surface area contributed by atoms with Crippen LogP contribution >= 0.6 is 0 Å². The van der Waals surface area contributed by atoms with Crippen molar-refractivity contribution in [3.8, 4) is 6.07 Å². The summed E-state index contributed by atoms with van der Waals surface area (Å²) in [6.07, 6.45) is 4.87. The lowest BCUT2D eigenvalue weighted by atomic mass is 9.75. The molecule has 0 saturated heterocycles. The first-order valence-electron chi connectivity index (χ1n) is 6.85. The van der Waals surface area contributed by atoms with Crippen LogP contribution in [0, 0.1) is 28.6 Å². The molecule has 2 heteroatoms. The Morgan fingerprint density at radius 3 is 2.72 bits per heavy atom. The number of nitrogens with zero attached hydrogens (tertiary/aromatic N) is 1. The van der Waals surface area contributed by atoms with Crippen molar-refractivity contribution in [2.45, 2.75) is 32.3 Å². The summed E-state index contributed by atoms with van der Waals surface area (Å²) in [7, 11) is 0. The highest BCUT2D eigenvalue weighted by molar-refractivity contribution is 5.14. The minimum Gasteiger partial charge on any atom is -0.375 e. The average Bonchev–Trinajstić information content (AvgIpc) is 3.01. The molecule has 0 radical (unpaired) electrons. The lowest BCUT2D eigenvalue weighted by Gasteiger charge is -2.30. The van der Waals surface area contributed by atoms with Crippen molar-refractivity contribution in [2.75, 3.05) is 6.61 Å². The fourth-order valence-electron chi connectivity index (χ4n) is 3.72. The first-order valence-corrected chi connectivity index (χ1v) is 6.85. The summed E-state index contributed by atoms with van der Waals surface area (Å²) < 4.78 is 5.83. The average molecular weight is 241 g/mol. The maximum absolute atomic E-state index is 9.51. The van der Waals surface area contributed by atoms with Gasteiger partial charge in [0.25, 0.3) is 0 Å². The van der Waals surface area contributed by atoms with Gasteiger partial charge in [0.2, 0.25) is 0 Å². The van der Waals surface area contributed by atoms with Crippen LogP contribution in [0.4, 0.5) is 0 Å². The minimum absolute atomic E-state index is 0.183. The summed E-state index contributed by atoms with van der Waals surface area (Å²) in [4.78, 5) is 0. The van der Waals surface area contributed by atoms with Crippen molar-refractivity contribution in [1.29, 1.82) is 5.26 Å². The Labute approximate surface area is 109 Å². The molecule has 2 bridgehead atoms. The predicted octanol–water partition coefficient (Wildman–Crippen LogP) is 3.53. The molecule has 0 heterocycles. The highest BCUT2D eigenvalue weighted by Crippen LogP contribution is 2.55. The van der Waals surface area contributed by atoms with E-state index < -0.39 is 0 Å². The van der Waals surface area contributed by atoms with Gasteiger partial charge in [-0.15, -0.1) is 0 Å². The normalized spacial score (nSPS) is 33.5. The lowest BCUT2D eigenvalue weighted by Crippen LogP contribution is -2.31. The molecular formula is C16H19NO. The topological polar surface area (TPSA) is 33.0 Å². The van der Waals surface area contributed by atoms with E-state index in [0.717, 1.165) is 12.3 Å².